The van der Waals surface area contributed by atoms with E-state index in [0.717, 1.165) is 23.1 Å². The number of fused-ring (bicyclic) bond motifs is 1. The molecular formula is C20H22N2O3S. The summed E-state index contributed by atoms with van der Waals surface area (Å²) in [6.07, 6.45) is 1.42. The molecule has 2 aromatic carbocycles. The van der Waals surface area contributed by atoms with Crippen molar-refractivity contribution in [1.29, 1.82) is 0 Å². The van der Waals surface area contributed by atoms with E-state index in [1.165, 1.54) is 9.87 Å². The zero-order valence-corrected chi connectivity index (χ0v) is 15.4. The molecule has 0 bridgehead atoms. The van der Waals surface area contributed by atoms with Crippen LogP contribution in [-0.4, -0.2) is 48.9 Å². The molecule has 1 fully saturated rings. The Morgan fingerprint density at radius 2 is 1.77 bits per heavy atom. The molecule has 6 heteroatoms. The van der Waals surface area contributed by atoms with Gasteiger partial charge in [0.25, 0.3) is 0 Å². The predicted molar refractivity (Wildman–Crippen MR) is 101 cm³/mol. The number of amides is 1. The van der Waals surface area contributed by atoms with Crippen molar-refractivity contribution < 1.29 is 13.2 Å². The maximum Gasteiger partial charge on any atom is 0.238 e. The lowest BCUT2D eigenvalue weighted by atomic mass is 9.94. The first-order chi connectivity index (χ1) is 12.5. The first kappa shape index (κ1) is 17.2. The van der Waals surface area contributed by atoms with Gasteiger partial charge >= 0.3 is 0 Å². The van der Waals surface area contributed by atoms with Crippen LogP contribution < -0.4 is 0 Å². The Morgan fingerprint density at radius 1 is 0.962 bits per heavy atom. The predicted octanol–water partition coefficient (Wildman–Crippen LogP) is 2.27. The highest BCUT2D eigenvalue weighted by Gasteiger charge is 2.32. The molecule has 5 nitrogen and oxygen atoms in total. The Bertz CT molecular complexity index is 925. The lowest BCUT2D eigenvalue weighted by Gasteiger charge is -2.30. The Hall–Kier alpha value is -2.18. The van der Waals surface area contributed by atoms with E-state index in [0.29, 0.717) is 26.1 Å². The standard InChI is InChI=1S/C20H22N2O3S/c23-20(15-22-10-4-12-26(22,24)25)21-11-9-17-7-8-18(13-19(17)14-21)16-5-2-1-3-6-16/h1-3,5-8,13H,4,9-12,14-15H2. The summed E-state index contributed by atoms with van der Waals surface area (Å²) in [6.45, 7) is 1.61. The molecule has 2 aliphatic rings. The maximum absolute atomic E-state index is 12.6. The van der Waals surface area contributed by atoms with Crippen LogP contribution in [0.25, 0.3) is 11.1 Å². The molecule has 2 aliphatic heterocycles. The van der Waals surface area contributed by atoms with Crippen molar-refractivity contribution in [2.75, 3.05) is 25.4 Å². The molecule has 26 heavy (non-hydrogen) atoms. The van der Waals surface area contributed by atoms with Gasteiger partial charge in [0.1, 0.15) is 0 Å². The minimum Gasteiger partial charge on any atom is -0.337 e. The fraction of sp³-hybridized carbons (Fsp3) is 0.350. The minimum atomic E-state index is -3.24. The molecule has 0 radical (unpaired) electrons. The van der Waals surface area contributed by atoms with Gasteiger partial charge in [0.2, 0.25) is 15.9 Å². The summed E-state index contributed by atoms with van der Waals surface area (Å²) in [6, 6.07) is 16.6. The SMILES string of the molecule is O=C(CN1CCCS1(=O)=O)N1CCc2ccc(-c3ccccc3)cc2C1. The van der Waals surface area contributed by atoms with Gasteiger partial charge in [-0.1, -0.05) is 42.5 Å². The van der Waals surface area contributed by atoms with Gasteiger partial charge in [-0.3, -0.25) is 4.79 Å². The van der Waals surface area contributed by atoms with E-state index in [1.807, 2.05) is 18.2 Å². The van der Waals surface area contributed by atoms with E-state index >= 15 is 0 Å². The first-order valence-corrected chi connectivity index (χ1v) is 10.6. The summed E-state index contributed by atoms with van der Waals surface area (Å²) in [5, 5.41) is 0. The summed E-state index contributed by atoms with van der Waals surface area (Å²) in [4.78, 5) is 14.4. The second-order valence-electron chi connectivity index (χ2n) is 6.92. The van der Waals surface area contributed by atoms with Crippen molar-refractivity contribution >= 4 is 15.9 Å². The third-order valence-corrected chi connectivity index (χ3v) is 7.10. The molecule has 0 spiro atoms. The summed E-state index contributed by atoms with van der Waals surface area (Å²) < 4.78 is 25.2. The molecule has 0 aromatic heterocycles. The van der Waals surface area contributed by atoms with Crippen LogP contribution in [0.5, 0.6) is 0 Å². The molecule has 0 aliphatic carbocycles. The molecule has 0 N–H and O–H groups in total. The summed E-state index contributed by atoms with van der Waals surface area (Å²) in [5.41, 5.74) is 4.71. The lowest BCUT2D eigenvalue weighted by molar-refractivity contribution is -0.132. The zero-order chi connectivity index (χ0) is 18.1. The van der Waals surface area contributed by atoms with Gasteiger partial charge in [0.05, 0.1) is 12.3 Å². The largest absolute Gasteiger partial charge is 0.337 e. The van der Waals surface area contributed by atoms with Crippen molar-refractivity contribution in [3.8, 4) is 11.1 Å². The highest BCUT2D eigenvalue weighted by molar-refractivity contribution is 7.89. The van der Waals surface area contributed by atoms with Crippen LogP contribution in [0.1, 0.15) is 17.5 Å². The molecular weight excluding hydrogens is 348 g/mol. The third kappa shape index (κ3) is 3.39. The smallest absolute Gasteiger partial charge is 0.238 e. The third-order valence-electron chi connectivity index (χ3n) is 5.19. The number of benzene rings is 2. The van der Waals surface area contributed by atoms with Gasteiger partial charge in [-0.05, 0) is 41.2 Å². The Kier molecular flexibility index (Phi) is 4.54. The van der Waals surface area contributed by atoms with Crippen molar-refractivity contribution in [3.05, 3.63) is 59.7 Å². The van der Waals surface area contributed by atoms with Crippen molar-refractivity contribution in [3.63, 3.8) is 0 Å². The molecule has 2 aromatic rings. The number of sulfonamides is 1. The van der Waals surface area contributed by atoms with Gasteiger partial charge in [0.15, 0.2) is 0 Å². The molecule has 0 unspecified atom stereocenters. The second-order valence-corrected chi connectivity index (χ2v) is 9.01. The van der Waals surface area contributed by atoms with E-state index in [2.05, 4.69) is 30.3 Å². The molecule has 2 heterocycles. The minimum absolute atomic E-state index is 0.0317. The molecule has 1 saturated heterocycles. The number of hydrogen-bond donors (Lipinski definition) is 0. The summed E-state index contributed by atoms with van der Waals surface area (Å²) in [5.74, 6) is 0.0510. The number of hydrogen-bond acceptors (Lipinski definition) is 3. The maximum atomic E-state index is 12.6. The lowest BCUT2D eigenvalue weighted by Crippen LogP contribution is -2.43. The number of nitrogens with zero attached hydrogens (tertiary/aromatic N) is 2. The van der Waals surface area contributed by atoms with E-state index in [1.54, 1.807) is 4.90 Å². The van der Waals surface area contributed by atoms with Crippen LogP contribution in [0.3, 0.4) is 0 Å². The van der Waals surface area contributed by atoms with Crippen LogP contribution in [0, 0.1) is 0 Å². The normalized spacial score (nSPS) is 19.3. The Balaban J connectivity index is 1.51. The highest BCUT2D eigenvalue weighted by atomic mass is 32.2. The van der Waals surface area contributed by atoms with E-state index in [-0.39, 0.29) is 18.2 Å². The van der Waals surface area contributed by atoms with Crippen molar-refractivity contribution in [2.24, 2.45) is 0 Å². The van der Waals surface area contributed by atoms with Crippen molar-refractivity contribution in [1.82, 2.24) is 9.21 Å². The summed E-state index contributed by atoms with van der Waals surface area (Å²) >= 11 is 0. The fourth-order valence-corrected chi connectivity index (χ4v) is 5.17. The van der Waals surface area contributed by atoms with E-state index in [9.17, 15) is 13.2 Å². The molecule has 4 rings (SSSR count). The van der Waals surface area contributed by atoms with Crippen LogP contribution in [0.4, 0.5) is 0 Å². The Labute approximate surface area is 154 Å². The van der Waals surface area contributed by atoms with Crippen LogP contribution >= 0.6 is 0 Å². The molecule has 136 valence electrons. The monoisotopic (exact) mass is 370 g/mol. The first-order valence-electron chi connectivity index (χ1n) is 8.96. The summed E-state index contributed by atoms with van der Waals surface area (Å²) in [7, 11) is -3.24. The van der Waals surface area contributed by atoms with Gasteiger partial charge < -0.3 is 4.90 Å². The van der Waals surface area contributed by atoms with E-state index < -0.39 is 10.0 Å². The van der Waals surface area contributed by atoms with E-state index in [4.69, 9.17) is 0 Å². The number of carbonyl (C=O) groups is 1. The quantitative estimate of drug-likeness (QED) is 0.833. The number of carbonyl (C=O) groups excluding carboxylic acids is 1. The van der Waals surface area contributed by atoms with Crippen LogP contribution in [0.15, 0.2) is 48.5 Å². The van der Waals surface area contributed by atoms with Gasteiger partial charge in [-0.15, -0.1) is 0 Å². The molecule has 0 atom stereocenters. The topological polar surface area (TPSA) is 57.7 Å². The fourth-order valence-electron chi connectivity index (χ4n) is 3.70. The molecule has 1 amide bonds. The molecule has 0 saturated carbocycles. The second kappa shape index (κ2) is 6.85. The van der Waals surface area contributed by atoms with Gasteiger partial charge in [-0.25, -0.2) is 8.42 Å². The average molecular weight is 370 g/mol. The van der Waals surface area contributed by atoms with Crippen LogP contribution in [0.2, 0.25) is 0 Å². The van der Waals surface area contributed by atoms with Gasteiger partial charge in [0, 0.05) is 19.6 Å². The van der Waals surface area contributed by atoms with Gasteiger partial charge in [-0.2, -0.15) is 4.31 Å². The van der Waals surface area contributed by atoms with Crippen LogP contribution in [-0.2, 0) is 27.8 Å². The highest BCUT2D eigenvalue weighted by Crippen LogP contribution is 2.26. The average Bonchev–Trinajstić information content (AvgIpc) is 2.99. The Morgan fingerprint density at radius 3 is 2.50 bits per heavy atom. The number of rotatable bonds is 3. The zero-order valence-electron chi connectivity index (χ0n) is 14.6. The van der Waals surface area contributed by atoms with Crippen molar-refractivity contribution in [2.45, 2.75) is 19.4 Å².